The van der Waals surface area contributed by atoms with Crippen LogP contribution in [0.1, 0.15) is 97.3 Å². The third-order valence-corrected chi connectivity index (χ3v) is 4.09. The summed E-state index contributed by atoms with van der Waals surface area (Å²) in [5.74, 6) is 0.702. The normalized spacial score (nSPS) is 12.9. The molecule has 20 heavy (non-hydrogen) atoms. The highest BCUT2D eigenvalue weighted by Crippen LogP contribution is 2.16. The molecule has 0 aliphatic carbocycles. The van der Waals surface area contributed by atoms with E-state index in [2.05, 4.69) is 38.7 Å². The van der Waals surface area contributed by atoms with Crippen molar-refractivity contribution in [3.05, 3.63) is 24.8 Å². The molecule has 0 fully saturated rings. The first-order valence-corrected chi connectivity index (χ1v) is 9.12. The summed E-state index contributed by atoms with van der Waals surface area (Å²) < 4.78 is 0. The molecule has 0 nitrogen and oxygen atoms in total. The Labute approximate surface area is 128 Å². The van der Waals surface area contributed by atoms with Crippen molar-refractivity contribution >= 4 is 0 Å². The van der Waals surface area contributed by atoms with Gasteiger partial charge in [-0.3, -0.25) is 0 Å². The minimum Gasteiger partial charge on any atom is -0.103 e. The van der Waals surface area contributed by atoms with Crippen molar-refractivity contribution < 1.29 is 0 Å². The highest BCUT2D eigenvalue weighted by Gasteiger charge is 2.01. The lowest BCUT2D eigenvalue weighted by molar-refractivity contribution is 0.527. The van der Waals surface area contributed by atoms with Crippen LogP contribution >= 0.6 is 0 Å². The van der Waals surface area contributed by atoms with Crippen molar-refractivity contribution in [2.45, 2.75) is 97.3 Å². The van der Waals surface area contributed by atoms with Crippen molar-refractivity contribution in [2.75, 3.05) is 0 Å². The fourth-order valence-corrected chi connectivity index (χ4v) is 2.60. The van der Waals surface area contributed by atoms with Crippen molar-refractivity contribution in [3.63, 3.8) is 0 Å². The second-order valence-corrected chi connectivity index (χ2v) is 6.11. The Bertz CT molecular complexity index is 214. The lowest BCUT2D eigenvalue weighted by atomic mass is 9.97. The molecular formula is C20H38. The number of hydrogen-bond donors (Lipinski definition) is 0. The molecule has 0 aliphatic heterocycles. The van der Waals surface area contributed by atoms with Gasteiger partial charge in [-0.05, 0) is 31.6 Å². The van der Waals surface area contributed by atoms with Crippen LogP contribution in [0.4, 0.5) is 0 Å². The number of hydrogen-bond acceptors (Lipinski definition) is 0. The summed E-state index contributed by atoms with van der Waals surface area (Å²) in [5, 5.41) is 0. The summed E-state index contributed by atoms with van der Waals surface area (Å²) in [6.45, 7) is 8.54. The van der Waals surface area contributed by atoms with E-state index in [4.69, 9.17) is 0 Å². The van der Waals surface area contributed by atoms with E-state index >= 15 is 0 Å². The molecule has 0 spiro atoms. The van der Waals surface area contributed by atoms with Gasteiger partial charge >= 0.3 is 0 Å². The summed E-state index contributed by atoms with van der Waals surface area (Å²) in [4.78, 5) is 0. The van der Waals surface area contributed by atoms with Gasteiger partial charge in [-0.25, -0.2) is 0 Å². The van der Waals surface area contributed by atoms with Crippen LogP contribution in [-0.4, -0.2) is 0 Å². The standard InChI is InChI=1S/C20H38/c1-4-7-9-11-12-13-15-17-19-20(6-3)18-16-14-10-8-5-2/h6,15,17,20H,3-5,7-14,16,18-19H2,1-2H3/b17-15+. The predicted octanol–water partition coefficient (Wildman–Crippen LogP) is 7.46. The quantitative estimate of drug-likeness (QED) is 0.215. The van der Waals surface area contributed by atoms with E-state index in [0.717, 1.165) is 0 Å². The predicted molar refractivity (Wildman–Crippen MR) is 94.2 cm³/mol. The third-order valence-electron chi connectivity index (χ3n) is 4.09. The molecule has 0 radical (unpaired) electrons. The average molecular weight is 279 g/mol. The average Bonchev–Trinajstić information content (AvgIpc) is 2.47. The van der Waals surface area contributed by atoms with Crippen LogP contribution in [-0.2, 0) is 0 Å². The zero-order valence-electron chi connectivity index (χ0n) is 14.2. The van der Waals surface area contributed by atoms with Gasteiger partial charge < -0.3 is 0 Å². The van der Waals surface area contributed by atoms with Crippen LogP contribution in [0, 0.1) is 5.92 Å². The summed E-state index contributed by atoms with van der Waals surface area (Å²) in [6, 6.07) is 0. The molecule has 0 bridgehead atoms. The van der Waals surface area contributed by atoms with Crippen molar-refractivity contribution in [1.82, 2.24) is 0 Å². The van der Waals surface area contributed by atoms with Crippen LogP contribution in [0.15, 0.2) is 24.8 Å². The Balaban J connectivity index is 3.45. The zero-order chi connectivity index (χ0) is 14.9. The van der Waals surface area contributed by atoms with Crippen LogP contribution in [0.3, 0.4) is 0 Å². The van der Waals surface area contributed by atoms with Gasteiger partial charge in [0.05, 0.1) is 0 Å². The maximum Gasteiger partial charge on any atom is -0.0202 e. The molecule has 0 rings (SSSR count). The maximum absolute atomic E-state index is 3.99. The minimum absolute atomic E-state index is 0.702. The molecule has 0 aliphatic rings. The first-order chi connectivity index (χ1) is 9.85. The third kappa shape index (κ3) is 13.9. The summed E-state index contributed by atoms with van der Waals surface area (Å²) in [6.07, 6.45) is 24.6. The molecule has 0 amide bonds. The van der Waals surface area contributed by atoms with E-state index < -0.39 is 0 Å². The second kappa shape index (κ2) is 16.5. The lowest BCUT2D eigenvalue weighted by Crippen LogP contribution is -1.94. The van der Waals surface area contributed by atoms with Gasteiger partial charge in [0.2, 0.25) is 0 Å². The van der Waals surface area contributed by atoms with Gasteiger partial charge in [0, 0.05) is 0 Å². The number of rotatable bonds is 15. The molecular weight excluding hydrogens is 240 g/mol. The van der Waals surface area contributed by atoms with E-state index in [1.165, 1.54) is 83.5 Å². The molecule has 1 unspecified atom stereocenters. The Morgan fingerprint density at radius 3 is 1.95 bits per heavy atom. The van der Waals surface area contributed by atoms with E-state index in [0.29, 0.717) is 5.92 Å². The topological polar surface area (TPSA) is 0 Å². The van der Waals surface area contributed by atoms with E-state index in [1.54, 1.807) is 0 Å². The van der Waals surface area contributed by atoms with Crippen molar-refractivity contribution in [2.24, 2.45) is 5.92 Å². The highest BCUT2D eigenvalue weighted by molar-refractivity contribution is 4.89. The molecule has 0 N–H and O–H groups in total. The largest absolute Gasteiger partial charge is 0.103 e. The van der Waals surface area contributed by atoms with Crippen molar-refractivity contribution in [3.8, 4) is 0 Å². The zero-order valence-corrected chi connectivity index (χ0v) is 14.2. The Kier molecular flexibility index (Phi) is 16.1. The smallest absolute Gasteiger partial charge is 0.0202 e. The molecule has 118 valence electrons. The Hall–Kier alpha value is -0.520. The molecule has 0 aromatic rings. The molecule has 0 heterocycles. The second-order valence-electron chi connectivity index (χ2n) is 6.11. The summed E-state index contributed by atoms with van der Waals surface area (Å²) >= 11 is 0. The minimum atomic E-state index is 0.702. The Morgan fingerprint density at radius 1 is 0.750 bits per heavy atom. The SMILES string of the molecule is C=CC(C/C=C/CCCCCCC)CCCCCCC. The lowest BCUT2D eigenvalue weighted by Gasteiger charge is -2.09. The van der Waals surface area contributed by atoms with Crippen molar-refractivity contribution in [1.29, 1.82) is 0 Å². The van der Waals surface area contributed by atoms with E-state index in [1.807, 2.05) is 0 Å². The fraction of sp³-hybridized carbons (Fsp3) is 0.800. The Morgan fingerprint density at radius 2 is 1.35 bits per heavy atom. The fourth-order valence-electron chi connectivity index (χ4n) is 2.60. The molecule has 0 saturated heterocycles. The summed E-state index contributed by atoms with van der Waals surface area (Å²) in [7, 11) is 0. The molecule has 0 aromatic carbocycles. The van der Waals surface area contributed by atoms with E-state index in [-0.39, 0.29) is 0 Å². The van der Waals surface area contributed by atoms with Crippen LogP contribution in [0.5, 0.6) is 0 Å². The van der Waals surface area contributed by atoms with Gasteiger partial charge in [-0.15, -0.1) is 6.58 Å². The summed E-state index contributed by atoms with van der Waals surface area (Å²) in [5.41, 5.74) is 0. The maximum atomic E-state index is 3.99. The monoisotopic (exact) mass is 278 g/mol. The van der Waals surface area contributed by atoms with Crippen LogP contribution in [0.2, 0.25) is 0 Å². The van der Waals surface area contributed by atoms with Gasteiger partial charge in [-0.2, -0.15) is 0 Å². The van der Waals surface area contributed by atoms with Gasteiger partial charge in [0.15, 0.2) is 0 Å². The number of unbranched alkanes of at least 4 members (excludes halogenated alkanes) is 9. The molecule has 1 atom stereocenters. The van der Waals surface area contributed by atoms with Gasteiger partial charge in [-0.1, -0.05) is 89.9 Å². The van der Waals surface area contributed by atoms with Gasteiger partial charge in [0.1, 0.15) is 0 Å². The highest BCUT2D eigenvalue weighted by atomic mass is 14.1. The molecule has 0 aromatic heterocycles. The van der Waals surface area contributed by atoms with E-state index in [9.17, 15) is 0 Å². The number of allylic oxidation sites excluding steroid dienone is 3. The molecule has 0 heteroatoms. The molecule has 0 saturated carbocycles. The van der Waals surface area contributed by atoms with Gasteiger partial charge in [0.25, 0.3) is 0 Å². The van der Waals surface area contributed by atoms with Crippen LogP contribution in [0.25, 0.3) is 0 Å². The van der Waals surface area contributed by atoms with Crippen LogP contribution < -0.4 is 0 Å². The first kappa shape index (κ1) is 19.5. The first-order valence-electron chi connectivity index (χ1n) is 9.12.